The highest BCUT2D eigenvalue weighted by Crippen LogP contribution is 2.24. The first-order valence-electron chi connectivity index (χ1n) is 4.35. The third-order valence-electron chi connectivity index (χ3n) is 1.82. The summed E-state index contributed by atoms with van der Waals surface area (Å²) < 4.78 is 13.1. The Morgan fingerprint density at radius 2 is 2.14 bits per heavy atom. The summed E-state index contributed by atoms with van der Waals surface area (Å²) in [5, 5.41) is 9.61. The molecule has 0 aliphatic heterocycles. The monoisotopic (exact) mass is 215 g/mol. The van der Waals surface area contributed by atoms with Crippen molar-refractivity contribution in [1.82, 2.24) is 0 Å². The van der Waals surface area contributed by atoms with E-state index < -0.39 is 5.60 Å². The van der Waals surface area contributed by atoms with E-state index >= 15 is 0 Å². The van der Waals surface area contributed by atoms with Crippen LogP contribution in [0.3, 0.4) is 0 Å². The first kappa shape index (κ1) is 11.5. The van der Waals surface area contributed by atoms with Gasteiger partial charge in [0.15, 0.2) is 0 Å². The van der Waals surface area contributed by atoms with Crippen LogP contribution in [0.2, 0.25) is 0 Å². The third-order valence-corrected chi connectivity index (χ3v) is 3.22. The van der Waals surface area contributed by atoms with E-state index in [4.69, 9.17) is 5.73 Å². The molecule has 0 saturated heterocycles. The predicted molar refractivity (Wildman–Crippen MR) is 56.8 cm³/mol. The maximum absolute atomic E-state index is 13.1. The second kappa shape index (κ2) is 4.77. The van der Waals surface area contributed by atoms with Crippen molar-refractivity contribution in [3.63, 3.8) is 0 Å². The molecule has 1 rings (SSSR count). The van der Waals surface area contributed by atoms with E-state index in [0.717, 1.165) is 0 Å². The van der Waals surface area contributed by atoms with Crippen LogP contribution in [0.1, 0.15) is 6.92 Å². The van der Waals surface area contributed by atoms with Gasteiger partial charge >= 0.3 is 0 Å². The number of hydrogen-bond acceptors (Lipinski definition) is 3. The van der Waals surface area contributed by atoms with Crippen molar-refractivity contribution in [1.29, 1.82) is 0 Å². The van der Waals surface area contributed by atoms with Crippen molar-refractivity contribution in [2.24, 2.45) is 5.73 Å². The number of thioether (sulfide) groups is 1. The number of halogens is 1. The summed E-state index contributed by atoms with van der Waals surface area (Å²) in [5.74, 6) is 0.134. The summed E-state index contributed by atoms with van der Waals surface area (Å²) in [4.78, 5) is 0.543. The van der Waals surface area contributed by atoms with Crippen LogP contribution in [0.4, 0.5) is 4.39 Å². The van der Waals surface area contributed by atoms with Crippen LogP contribution in [0.5, 0.6) is 0 Å². The van der Waals surface area contributed by atoms with E-state index in [0.29, 0.717) is 10.6 Å². The zero-order valence-corrected chi connectivity index (χ0v) is 8.85. The highest BCUT2D eigenvalue weighted by Gasteiger charge is 2.18. The molecule has 4 heteroatoms. The molecule has 0 radical (unpaired) electrons. The molecule has 1 aromatic carbocycles. The van der Waals surface area contributed by atoms with Crippen LogP contribution in [-0.2, 0) is 0 Å². The highest BCUT2D eigenvalue weighted by atomic mass is 32.2. The zero-order chi connectivity index (χ0) is 10.6. The molecule has 0 bridgehead atoms. The minimum Gasteiger partial charge on any atom is -0.388 e. The standard InChI is InChI=1S/C10H14FNOS/c1-10(13,6-12)7-14-9-5-3-2-4-8(9)11/h2-5,13H,6-7,12H2,1H3. The molecular weight excluding hydrogens is 201 g/mol. The topological polar surface area (TPSA) is 46.2 Å². The van der Waals surface area contributed by atoms with Gasteiger partial charge in [0.2, 0.25) is 0 Å². The van der Waals surface area contributed by atoms with Gasteiger partial charge in [0.05, 0.1) is 5.60 Å². The Morgan fingerprint density at radius 1 is 1.50 bits per heavy atom. The Morgan fingerprint density at radius 3 is 2.71 bits per heavy atom. The summed E-state index contributed by atoms with van der Waals surface area (Å²) >= 11 is 1.27. The van der Waals surface area contributed by atoms with Gasteiger partial charge < -0.3 is 10.8 Å². The third kappa shape index (κ3) is 3.29. The van der Waals surface area contributed by atoms with Crippen LogP contribution < -0.4 is 5.73 Å². The second-order valence-electron chi connectivity index (χ2n) is 3.42. The molecule has 2 nitrogen and oxygen atoms in total. The van der Waals surface area contributed by atoms with E-state index in [1.807, 2.05) is 0 Å². The average molecular weight is 215 g/mol. The van der Waals surface area contributed by atoms with Gasteiger partial charge in [-0.15, -0.1) is 11.8 Å². The number of hydrogen-bond donors (Lipinski definition) is 2. The molecule has 0 aromatic heterocycles. The summed E-state index contributed by atoms with van der Waals surface area (Å²) in [5.41, 5.74) is 4.41. The van der Waals surface area contributed by atoms with Crippen molar-refractivity contribution in [3.05, 3.63) is 30.1 Å². The van der Waals surface area contributed by atoms with Crippen molar-refractivity contribution in [2.45, 2.75) is 17.4 Å². The Bertz CT molecular complexity index is 304. The van der Waals surface area contributed by atoms with Gasteiger partial charge in [-0.05, 0) is 19.1 Å². The second-order valence-corrected chi connectivity index (χ2v) is 4.44. The van der Waals surface area contributed by atoms with Gasteiger partial charge in [0.1, 0.15) is 5.82 Å². The largest absolute Gasteiger partial charge is 0.388 e. The van der Waals surface area contributed by atoms with Crippen molar-refractivity contribution in [2.75, 3.05) is 12.3 Å². The predicted octanol–water partition coefficient (Wildman–Crippen LogP) is 1.63. The average Bonchev–Trinajstić information content (AvgIpc) is 2.17. The SMILES string of the molecule is CC(O)(CN)CSc1ccccc1F. The van der Waals surface area contributed by atoms with E-state index in [9.17, 15) is 9.50 Å². The summed E-state index contributed by atoms with van der Waals surface area (Å²) in [7, 11) is 0. The molecular formula is C10H14FNOS. The molecule has 3 N–H and O–H groups in total. The van der Waals surface area contributed by atoms with Gasteiger partial charge in [-0.2, -0.15) is 0 Å². The quantitative estimate of drug-likeness (QED) is 0.750. The maximum Gasteiger partial charge on any atom is 0.136 e. The molecule has 1 atom stereocenters. The number of nitrogens with two attached hydrogens (primary N) is 1. The Labute approximate surface area is 87.3 Å². The molecule has 0 fully saturated rings. The molecule has 0 saturated carbocycles. The zero-order valence-electron chi connectivity index (χ0n) is 8.03. The summed E-state index contributed by atoms with van der Waals surface area (Å²) in [6.07, 6.45) is 0. The molecule has 0 aliphatic rings. The van der Waals surface area contributed by atoms with Gasteiger partial charge in [0.25, 0.3) is 0 Å². The number of benzene rings is 1. The molecule has 78 valence electrons. The van der Waals surface area contributed by atoms with Gasteiger partial charge in [0, 0.05) is 17.2 Å². The lowest BCUT2D eigenvalue weighted by molar-refractivity contribution is 0.0949. The number of aliphatic hydroxyl groups is 1. The van der Waals surface area contributed by atoms with E-state index in [-0.39, 0.29) is 12.4 Å². The lowest BCUT2D eigenvalue weighted by Crippen LogP contribution is -2.36. The van der Waals surface area contributed by atoms with Crippen LogP contribution >= 0.6 is 11.8 Å². The normalized spacial score (nSPS) is 15.1. The van der Waals surface area contributed by atoms with E-state index in [1.54, 1.807) is 25.1 Å². The first-order valence-corrected chi connectivity index (χ1v) is 5.33. The lowest BCUT2D eigenvalue weighted by atomic mass is 10.1. The van der Waals surface area contributed by atoms with Gasteiger partial charge in [-0.3, -0.25) is 0 Å². The minimum atomic E-state index is -0.938. The number of rotatable bonds is 4. The molecule has 0 aliphatic carbocycles. The summed E-state index contributed by atoms with van der Waals surface area (Å²) in [6.45, 7) is 1.81. The molecule has 0 heterocycles. The molecule has 0 amide bonds. The maximum atomic E-state index is 13.1. The first-order chi connectivity index (χ1) is 6.55. The molecule has 0 spiro atoms. The van der Waals surface area contributed by atoms with Crippen LogP contribution in [-0.4, -0.2) is 23.0 Å². The van der Waals surface area contributed by atoms with Crippen molar-refractivity contribution >= 4 is 11.8 Å². The van der Waals surface area contributed by atoms with E-state index in [1.165, 1.54) is 17.8 Å². The smallest absolute Gasteiger partial charge is 0.136 e. The van der Waals surface area contributed by atoms with Crippen molar-refractivity contribution < 1.29 is 9.50 Å². The minimum absolute atomic E-state index is 0.175. The molecule has 1 unspecified atom stereocenters. The van der Waals surface area contributed by atoms with Gasteiger partial charge in [-0.1, -0.05) is 12.1 Å². The van der Waals surface area contributed by atoms with Crippen LogP contribution in [0.25, 0.3) is 0 Å². The van der Waals surface area contributed by atoms with Crippen LogP contribution in [0, 0.1) is 5.82 Å². The lowest BCUT2D eigenvalue weighted by Gasteiger charge is -2.20. The summed E-state index contributed by atoms with van der Waals surface area (Å²) in [6, 6.07) is 6.50. The fourth-order valence-corrected chi connectivity index (χ4v) is 1.82. The molecule has 1 aromatic rings. The van der Waals surface area contributed by atoms with Crippen LogP contribution in [0.15, 0.2) is 29.2 Å². The fourth-order valence-electron chi connectivity index (χ4n) is 0.854. The fraction of sp³-hybridized carbons (Fsp3) is 0.400. The molecule has 14 heavy (non-hydrogen) atoms. The Hall–Kier alpha value is -0.580. The highest BCUT2D eigenvalue weighted by molar-refractivity contribution is 7.99. The Kier molecular flexibility index (Phi) is 3.92. The van der Waals surface area contributed by atoms with Gasteiger partial charge in [-0.25, -0.2) is 4.39 Å². The van der Waals surface area contributed by atoms with E-state index in [2.05, 4.69) is 0 Å². The van der Waals surface area contributed by atoms with Crippen molar-refractivity contribution in [3.8, 4) is 0 Å². The Balaban J connectivity index is 2.58.